The lowest BCUT2D eigenvalue weighted by molar-refractivity contribution is 0.111. The lowest BCUT2D eigenvalue weighted by Gasteiger charge is -2.10. The molecule has 0 radical (unpaired) electrons. The normalized spacial score (nSPS) is 9.46. The minimum atomic E-state index is 0.451. The summed E-state index contributed by atoms with van der Waals surface area (Å²) in [5.41, 5.74) is 0.460. The van der Waals surface area contributed by atoms with Crippen LogP contribution in [0.1, 0.15) is 10.4 Å². The number of benzene rings is 1. The second-order valence-corrected chi connectivity index (χ2v) is 3.17. The van der Waals surface area contributed by atoms with Gasteiger partial charge in [0.1, 0.15) is 0 Å². The van der Waals surface area contributed by atoms with Gasteiger partial charge in [0.05, 0.1) is 19.8 Å². The van der Waals surface area contributed by atoms with Crippen molar-refractivity contribution in [3.8, 4) is 11.5 Å². The van der Waals surface area contributed by atoms with Crippen molar-refractivity contribution in [3.63, 3.8) is 0 Å². The zero-order valence-corrected chi connectivity index (χ0v) is 8.92. The number of methoxy groups -OCH3 is 2. The van der Waals surface area contributed by atoms with E-state index in [2.05, 4.69) is 15.9 Å². The number of halogens is 1. The molecule has 0 heterocycles. The smallest absolute Gasteiger partial charge is 0.172 e. The molecule has 0 amide bonds. The zero-order chi connectivity index (χ0) is 9.84. The Morgan fingerprint density at radius 2 is 2.00 bits per heavy atom. The van der Waals surface area contributed by atoms with Crippen LogP contribution in [0.25, 0.3) is 0 Å². The summed E-state index contributed by atoms with van der Waals surface area (Å²) < 4.78 is 10.8. The molecule has 0 aliphatic heterocycles. The van der Waals surface area contributed by atoms with Crippen molar-refractivity contribution in [2.45, 2.75) is 0 Å². The molecule has 0 fully saturated rings. The van der Waals surface area contributed by atoms with Gasteiger partial charge in [-0.05, 0) is 28.1 Å². The molecule has 0 aliphatic rings. The zero-order valence-electron chi connectivity index (χ0n) is 7.33. The van der Waals surface area contributed by atoms with Crippen LogP contribution in [-0.4, -0.2) is 20.5 Å². The summed E-state index contributed by atoms with van der Waals surface area (Å²) in [6.45, 7) is 0. The average Bonchev–Trinajstić information content (AvgIpc) is 2.17. The number of carbonyl (C=O) groups is 1. The Labute approximate surface area is 84.8 Å². The van der Waals surface area contributed by atoms with Crippen LogP contribution in [0, 0.1) is 0 Å². The monoisotopic (exact) mass is 244 g/mol. The van der Waals surface area contributed by atoms with E-state index in [1.807, 2.05) is 0 Å². The van der Waals surface area contributed by atoms with Crippen molar-refractivity contribution in [1.82, 2.24) is 0 Å². The fourth-order valence-electron chi connectivity index (χ4n) is 1.04. The molecule has 0 aliphatic carbocycles. The van der Waals surface area contributed by atoms with Gasteiger partial charge >= 0.3 is 0 Å². The fraction of sp³-hybridized carbons (Fsp3) is 0.222. The third kappa shape index (κ3) is 1.83. The molecular weight excluding hydrogens is 236 g/mol. The Bertz CT molecular complexity index is 323. The molecule has 1 rings (SSSR count). The fourth-order valence-corrected chi connectivity index (χ4v) is 1.44. The molecule has 0 spiro atoms. The van der Waals surface area contributed by atoms with Gasteiger partial charge in [0, 0.05) is 4.47 Å². The second-order valence-electron chi connectivity index (χ2n) is 2.31. The molecule has 13 heavy (non-hydrogen) atoms. The van der Waals surface area contributed by atoms with Gasteiger partial charge in [0.25, 0.3) is 0 Å². The summed E-state index contributed by atoms with van der Waals surface area (Å²) in [6, 6.07) is 3.47. The summed E-state index contributed by atoms with van der Waals surface area (Å²) >= 11 is 3.24. The maximum atomic E-state index is 10.7. The Morgan fingerprint density at radius 1 is 1.31 bits per heavy atom. The summed E-state index contributed by atoms with van der Waals surface area (Å²) in [6.07, 6.45) is 0.728. The highest BCUT2D eigenvalue weighted by Crippen LogP contribution is 2.34. The average molecular weight is 245 g/mol. The number of hydrogen-bond donors (Lipinski definition) is 0. The van der Waals surface area contributed by atoms with E-state index in [9.17, 15) is 4.79 Å². The van der Waals surface area contributed by atoms with Crippen molar-refractivity contribution in [2.24, 2.45) is 0 Å². The van der Waals surface area contributed by atoms with Crippen LogP contribution in [-0.2, 0) is 0 Å². The quantitative estimate of drug-likeness (QED) is 0.766. The maximum Gasteiger partial charge on any atom is 0.172 e. The molecule has 0 unspecified atom stereocenters. The van der Waals surface area contributed by atoms with Gasteiger partial charge in [0.2, 0.25) is 0 Å². The first-order valence-corrected chi connectivity index (χ1v) is 4.39. The molecule has 0 aromatic heterocycles. The minimum Gasteiger partial charge on any atom is -0.493 e. The van der Waals surface area contributed by atoms with E-state index >= 15 is 0 Å². The first-order chi connectivity index (χ1) is 6.24. The van der Waals surface area contributed by atoms with E-state index in [4.69, 9.17) is 9.47 Å². The Morgan fingerprint density at radius 3 is 2.46 bits per heavy atom. The van der Waals surface area contributed by atoms with Crippen molar-refractivity contribution in [2.75, 3.05) is 14.2 Å². The van der Waals surface area contributed by atoms with Crippen LogP contribution < -0.4 is 9.47 Å². The predicted molar refractivity (Wildman–Crippen MR) is 52.6 cm³/mol. The van der Waals surface area contributed by atoms with E-state index in [-0.39, 0.29) is 0 Å². The molecule has 0 bridgehead atoms. The molecule has 0 saturated carbocycles. The van der Waals surface area contributed by atoms with Crippen LogP contribution in [0.5, 0.6) is 11.5 Å². The third-order valence-corrected chi connectivity index (χ3v) is 2.34. The lowest BCUT2D eigenvalue weighted by atomic mass is 10.2. The predicted octanol–water partition coefficient (Wildman–Crippen LogP) is 2.28. The van der Waals surface area contributed by atoms with Crippen molar-refractivity contribution >= 4 is 22.2 Å². The largest absolute Gasteiger partial charge is 0.493 e. The van der Waals surface area contributed by atoms with Crippen molar-refractivity contribution < 1.29 is 14.3 Å². The number of hydrogen-bond acceptors (Lipinski definition) is 3. The lowest BCUT2D eigenvalue weighted by Crippen LogP contribution is -1.95. The van der Waals surface area contributed by atoms with E-state index in [1.165, 1.54) is 14.2 Å². The van der Waals surface area contributed by atoms with Crippen LogP contribution in [0.4, 0.5) is 0 Å². The molecule has 70 valence electrons. The van der Waals surface area contributed by atoms with Crippen molar-refractivity contribution in [1.29, 1.82) is 0 Å². The van der Waals surface area contributed by atoms with Crippen molar-refractivity contribution in [3.05, 3.63) is 22.2 Å². The van der Waals surface area contributed by atoms with Crippen LogP contribution in [0.15, 0.2) is 16.6 Å². The first kappa shape index (κ1) is 10.1. The molecule has 1 aromatic carbocycles. The van der Waals surface area contributed by atoms with Crippen LogP contribution in [0.2, 0.25) is 0 Å². The highest BCUT2D eigenvalue weighted by Gasteiger charge is 2.12. The summed E-state index contributed by atoms with van der Waals surface area (Å²) in [5, 5.41) is 0. The molecule has 3 nitrogen and oxygen atoms in total. The van der Waals surface area contributed by atoms with Gasteiger partial charge < -0.3 is 9.47 Å². The summed E-state index contributed by atoms with van der Waals surface area (Å²) in [7, 11) is 3.03. The SMILES string of the molecule is COc1ccc(Br)c(C=O)c1OC. The Kier molecular flexibility index (Phi) is 3.31. The number of rotatable bonds is 3. The van der Waals surface area contributed by atoms with E-state index < -0.39 is 0 Å². The number of carbonyl (C=O) groups excluding carboxylic acids is 1. The molecule has 0 atom stereocenters. The van der Waals surface area contributed by atoms with Crippen LogP contribution in [0.3, 0.4) is 0 Å². The van der Waals surface area contributed by atoms with Crippen LogP contribution >= 0.6 is 15.9 Å². The molecular formula is C9H9BrO3. The van der Waals surface area contributed by atoms with Gasteiger partial charge in [-0.15, -0.1) is 0 Å². The van der Waals surface area contributed by atoms with Gasteiger partial charge in [-0.1, -0.05) is 0 Å². The first-order valence-electron chi connectivity index (χ1n) is 3.60. The summed E-state index contributed by atoms with van der Waals surface area (Å²) in [5.74, 6) is 1.000. The number of aldehydes is 1. The highest BCUT2D eigenvalue weighted by molar-refractivity contribution is 9.10. The van der Waals surface area contributed by atoms with E-state index in [0.29, 0.717) is 21.5 Å². The maximum absolute atomic E-state index is 10.7. The summed E-state index contributed by atoms with van der Waals surface area (Å²) in [4.78, 5) is 10.7. The van der Waals surface area contributed by atoms with E-state index in [1.54, 1.807) is 12.1 Å². The molecule has 1 aromatic rings. The van der Waals surface area contributed by atoms with Gasteiger partial charge in [-0.25, -0.2) is 0 Å². The Hall–Kier alpha value is -1.03. The topological polar surface area (TPSA) is 35.5 Å². The molecule has 0 saturated heterocycles. The highest BCUT2D eigenvalue weighted by atomic mass is 79.9. The second kappa shape index (κ2) is 4.28. The third-order valence-electron chi connectivity index (χ3n) is 1.65. The van der Waals surface area contributed by atoms with Gasteiger partial charge in [0.15, 0.2) is 17.8 Å². The minimum absolute atomic E-state index is 0.451. The molecule has 0 N–H and O–H groups in total. The van der Waals surface area contributed by atoms with Gasteiger partial charge in [-0.3, -0.25) is 4.79 Å². The Balaban J connectivity index is 3.36. The standard InChI is InChI=1S/C9H9BrO3/c1-12-8-4-3-7(10)6(5-11)9(8)13-2/h3-5H,1-2H3. The van der Waals surface area contributed by atoms with E-state index in [0.717, 1.165) is 6.29 Å². The molecule has 4 heteroatoms. The number of ether oxygens (including phenoxy) is 2. The van der Waals surface area contributed by atoms with Gasteiger partial charge in [-0.2, -0.15) is 0 Å².